The van der Waals surface area contributed by atoms with Gasteiger partial charge in [-0.25, -0.2) is 0 Å². The first-order valence-electron chi connectivity index (χ1n) is 8.81. The first-order chi connectivity index (χ1) is 10.4. The van der Waals surface area contributed by atoms with E-state index in [1.807, 2.05) is 6.92 Å². The SMILES string of the molecule is CCOC(=O)CNC(=O)[C@]1(C)CC[C@H](CCCC(C)C)CC1. The Hall–Kier alpha value is -1.06. The average molecular weight is 311 g/mol. The van der Waals surface area contributed by atoms with Crippen LogP contribution in [0.25, 0.3) is 0 Å². The highest BCUT2D eigenvalue weighted by Gasteiger charge is 2.37. The van der Waals surface area contributed by atoms with Crippen LogP contribution in [0.15, 0.2) is 0 Å². The molecule has 128 valence electrons. The molecule has 0 spiro atoms. The number of hydrogen-bond acceptors (Lipinski definition) is 3. The van der Waals surface area contributed by atoms with Crippen molar-refractivity contribution in [3.05, 3.63) is 0 Å². The van der Waals surface area contributed by atoms with Gasteiger partial charge in [-0.05, 0) is 44.4 Å². The van der Waals surface area contributed by atoms with E-state index in [0.717, 1.165) is 37.5 Å². The Balaban J connectivity index is 2.31. The van der Waals surface area contributed by atoms with Gasteiger partial charge in [-0.3, -0.25) is 9.59 Å². The monoisotopic (exact) mass is 311 g/mol. The molecule has 0 unspecified atom stereocenters. The highest BCUT2D eigenvalue weighted by molar-refractivity contribution is 5.86. The molecule has 1 N–H and O–H groups in total. The summed E-state index contributed by atoms with van der Waals surface area (Å²) in [6.45, 7) is 8.67. The summed E-state index contributed by atoms with van der Waals surface area (Å²) in [5, 5.41) is 2.74. The standard InChI is InChI=1S/C18H33NO3/c1-5-22-16(20)13-19-17(21)18(4)11-9-15(10-12-18)8-6-7-14(2)3/h14-15H,5-13H2,1-4H3,(H,19,21)/t15-,18+. The van der Waals surface area contributed by atoms with Gasteiger partial charge in [0, 0.05) is 5.41 Å². The van der Waals surface area contributed by atoms with Gasteiger partial charge in [0.1, 0.15) is 6.54 Å². The van der Waals surface area contributed by atoms with Crippen molar-refractivity contribution in [3.63, 3.8) is 0 Å². The van der Waals surface area contributed by atoms with Crippen molar-refractivity contribution in [2.75, 3.05) is 13.2 Å². The summed E-state index contributed by atoms with van der Waals surface area (Å²) in [5.41, 5.74) is -0.318. The lowest BCUT2D eigenvalue weighted by atomic mass is 9.70. The molecule has 0 atom stereocenters. The summed E-state index contributed by atoms with van der Waals surface area (Å²) < 4.78 is 4.84. The van der Waals surface area contributed by atoms with Gasteiger partial charge in [0.05, 0.1) is 6.61 Å². The van der Waals surface area contributed by atoms with Crippen molar-refractivity contribution < 1.29 is 14.3 Å². The van der Waals surface area contributed by atoms with E-state index in [0.29, 0.717) is 6.61 Å². The Morgan fingerprint density at radius 3 is 2.45 bits per heavy atom. The Bertz CT molecular complexity index is 357. The van der Waals surface area contributed by atoms with Crippen molar-refractivity contribution in [1.82, 2.24) is 5.32 Å². The van der Waals surface area contributed by atoms with Crippen LogP contribution in [-0.2, 0) is 14.3 Å². The molecule has 0 saturated heterocycles. The van der Waals surface area contributed by atoms with Crippen LogP contribution in [0.5, 0.6) is 0 Å². The summed E-state index contributed by atoms with van der Waals surface area (Å²) in [7, 11) is 0. The van der Waals surface area contributed by atoms with E-state index < -0.39 is 0 Å². The third kappa shape index (κ3) is 6.37. The third-order valence-electron chi connectivity index (χ3n) is 4.85. The number of hydrogen-bond donors (Lipinski definition) is 1. The van der Waals surface area contributed by atoms with Gasteiger partial charge in [-0.15, -0.1) is 0 Å². The topological polar surface area (TPSA) is 55.4 Å². The predicted molar refractivity (Wildman–Crippen MR) is 88.4 cm³/mol. The number of rotatable bonds is 8. The fraction of sp³-hybridized carbons (Fsp3) is 0.889. The number of nitrogens with one attached hydrogen (secondary N) is 1. The van der Waals surface area contributed by atoms with Crippen LogP contribution in [0.3, 0.4) is 0 Å². The van der Waals surface area contributed by atoms with E-state index in [2.05, 4.69) is 19.2 Å². The molecule has 1 rings (SSSR count). The number of carbonyl (C=O) groups is 2. The smallest absolute Gasteiger partial charge is 0.325 e. The van der Waals surface area contributed by atoms with Gasteiger partial charge >= 0.3 is 5.97 Å². The van der Waals surface area contributed by atoms with Crippen LogP contribution >= 0.6 is 0 Å². The van der Waals surface area contributed by atoms with Gasteiger partial charge < -0.3 is 10.1 Å². The second kappa shape index (κ2) is 9.16. The Morgan fingerprint density at radius 1 is 1.27 bits per heavy atom. The van der Waals surface area contributed by atoms with Gasteiger partial charge in [-0.2, -0.15) is 0 Å². The maximum atomic E-state index is 12.3. The van der Waals surface area contributed by atoms with Gasteiger partial charge in [0.25, 0.3) is 0 Å². The molecule has 0 heterocycles. The molecule has 0 aliphatic heterocycles. The molecule has 1 aliphatic carbocycles. The van der Waals surface area contributed by atoms with Crippen LogP contribution in [0.2, 0.25) is 0 Å². The molecule has 0 aromatic carbocycles. The van der Waals surface area contributed by atoms with Crippen molar-refractivity contribution in [3.8, 4) is 0 Å². The first-order valence-corrected chi connectivity index (χ1v) is 8.81. The molecule has 1 fully saturated rings. The lowest BCUT2D eigenvalue weighted by Crippen LogP contribution is -2.43. The number of carbonyl (C=O) groups excluding carboxylic acids is 2. The Morgan fingerprint density at radius 2 is 1.91 bits per heavy atom. The Kier molecular flexibility index (Phi) is 7.91. The van der Waals surface area contributed by atoms with E-state index in [1.54, 1.807) is 6.92 Å². The molecule has 1 aliphatic rings. The van der Waals surface area contributed by atoms with Crippen molar-refractivity contribution in [2.24, 2.45) is 17.3 Å². The summed E-state index contributed by atoms with van der Waals surface area (Å²) in [5.74, 6) is 1.19. The van der Waals surface area contributed by atoms with Crippen molar-refractivity contribution >= 4 is 11.9 Å². The normalized spacial score (nSPS) is 25.0. The van der Waals surface area contributed by atoms with Crippen molar-refractivity contribution in [2.45, 2.75) is 72.6 Å². The molecule has 22 heavy (non-hydrogen) atoms. The van der Waals surface area contributed by atoms with E-state index in [-0.39, 0.29) is 23.8 Å². The summed E-state index contributed by atoms with van der Waals surface area (Å²) in [6, 6.07) is 0. The average Bonchev–Trinajstić information content (AvgIpc) is 2.47. The summed E-state index contributed by atoms with van der Waals surface area (Å²) in [4.78, 5) is 23.6. The predicted octanol–water partition coefficient (Wildman–Crippen LogP) is 3.69. The molecule has 0 aromatic heterocycles. The highest BCUT2D eigenvalue weighted by atomic mass is 16.5. The molecule has 0 aromatic rings. The quantitative estimate of drug-likeness (QED) is 0.696. The zero-order valence-corrected chi connectivity index (χ0v) is 14.7. The number of esters is 1. The van der Waals surface area contributed by atoms with Gasteiger partial charge in [0.15, 0.2) is 0 Å². The zero-order chi connectivity index (χ0) is 16.6. The van der Waals surface area contributed by atoms with Gasteiger partial charge in [0.2, 0.25) is 5.91 Å². The molecular formula is C18H33NO3. The molecule has 4 heteroatoms. The third-order valence-corrected chi connectivity index (χ3v) is 4.85. The minimum absolute atomic E-state index is 0.00110. The lowest BCUT2D eigenvalue weighted by molar-refractivity contribution is -0.145. The molecule has 1 saturated carbocycles. The molecule has 0 bridgehead atoms. The first kappa shape index (κ1) is 19.0. The minimum atomic E-state index is -0.359. The summed E-state index contributed by atoms with van der Waals surface area (Å²) in [6.07, 6.45) is 7.99. The largest absolute Gasteiger partial charge is 0.465 e. The second-order valence-corrected chi connectivity index (χ2v) is 7.32. The molecule has 4 nitrogen and oxygen atoms in total. The number of amides is 1. The van der Waals surface area contributed by atoms with E-state index >= 15 is 0 Å². The van der Waals surface area contributed by atoms with Gasteiger partial charge in [-0.1, -0.05) is 40.0 Å². The van der Waals surface area contributed by atoms with E-state index in [9.17, 15) is 9.59 Å². The van der Waals surface area contributed by atoms with Crippen LogP contribution in [0, 0.1) is 17.3 Å². The van der Waals surface area contributed by atoms with Crippen LogP contribution in [-0.4, -0.2) is 25.0 Å². The zero-order valence-electron chi connectivity index (χ0n) is 14.7. The Labute approximate surface area is 135 Å². The molecule has 0 radical (unpaired) electrons. The van der Waals surface area contributed by atoms with Crippen LogP contribution in [0.1, 0.15) is 72.6 Å². The maximum absolute atomic E-state index is 12.3. The number of ether oxygens (including phenoxy) is 1. The summed E-state index contributed by atoms with van der Waals surface area (Å²) >= 11 is 0. The minimum Gasteiger partial charge on any atom is -0.465 e. The highest BCUT2D eigenvalue weighted by Crippen LogP contribution is 2.40. The fourth-order valence-electron chi connectivity index (χ4n) is 3.22. The lowest BCUT2D eigenvalue weighted by Gasteiger charge is -2.36. The second-order valence-electron chi connectivity index (χ2n) is 7.32. The molecular weight excluding hydrogens is 278 g/mol. The van der Waals surface area contributed by atoms with E-state index in [4.69, 9.17) is 4.74 Å². The maximum Gasteiger partial charge on any atom is 0.325 e. The van der Waals surface area contributed by atoms with Crippen LogP contribution in [0.4, 0.5) is 0 Å². The fourth-order valence-corrected chi connectivity index (χ4v) is 3.22. The molecule has 1 amide bonds. The van der Waals surface area contributed by atoms with Crippen LogP contribution < -0.4 is 5.32 Å². The van der Waals surface area contributed by atoms with E-state index in [1.165, 1.54) is 19.3 Å². The van der Waals surface area contributed by atoms with Crippen molar-refractivity contribution in [1.29, 1.82) is 0 Å².